The molecule has 4 rings (SSSR count). The second-order valence-corrected chi connectivity index (χ2v) is 11.0. The maximum absolute atomic E-state index is 11.6. The lowest BCUT2D eigenvalue weighted by molar-refractivity contribution is 0.0396. The molecule has 1 unspecified atom stereocenters. The van der Waals surface area contributed by atoms with Crippen molar-refractivity contribution >= 4 is 39.8 Å². The van der Waals surface area contributed by atoms with Crippen LogP contribution < -0.4 is 15.4 Å². The first-order valence-corrected chi connectivity index (χ1v) is 13.1. The smallest absolute Gasteiger partial charge is 0.191 e. The van der Waals surface area contributed by atoms with Crippen LogP contribution in [0.3, 0.4) is 0 Å². The van der Waals surface area contributed by atoms with Crippen molar-refractivity contribution in [1.29, 1.82) is 0 Å². The Kier molecular flexibility index (Phi) is 8.48. The normalized spacial score (nSPS) is 24.7. The number of aliphatic imine (C=N–C) groups is 1. The van der Waals surface area contributed by atoms with Gasteiger partial charge in [0.2, 0.25) is 0 Å². The van der Waals surface area contributed by atoms with E-state index >= 15 is 0 Å². The summed E-state index contributed by atoms with van der Waals surface area (Å²) in [5.74, 6) is 2.33. The van der Waals surface area contributed by atoms with Gasteiger partial charge in [0, 0.05) is 38.2 Å². The molecule has 1 aliphatic carbocycles. The molecular formula is C22H35IN4O3S. The molecule has 31 heavy (non-hydrogen) atoms. The Labute approximate surface area is 203 Å². The molecule has 0 aromatic heterocycles. The van der Waals surface area contributed by atoms with E-state index in [1.807, 2.05) is 6.07 Å². The molecule has 9 heteroatoms. The summed E-state index contributed by atoms with van der Waals surface area (Å²) in [4.78, 5) is 6.97. The summed E-state index contributed by atoms with van der Waals surface area (Å²) < 4.78 is 29.7. The summed E-state index contributed by atoms with van der Waals surface area (Å²) in [5.41, 5.74) is 1.14. The predicted molar refractivity (Wildman–Crippen MR) is 135 cm³/mol. The topological polar surface area (TPSA) is 83.0 Å². The van der Waals surface area contributed by atoms with E-state index in [4.69, 9.17) is 9.73 Å². The number of nitrogens with one attached hydrogen (secondary N) is 2. The van der Waals surface area contributed by atoms with Crippen LogP contribution in [0.25, 0.3) is 0 Å². The largest absolute Gasteiger partial charge is 0.487 e. The Morgan fingerprint density at radius 2 is 1.94 bits per heavy atom. The molecule has 3 aliphatic rings. The van der Waals surface area contributed by atoms with E-state index < -0.39 is 9.84 Å². The molecule has 2 aliphatic heterocycles. The minimum absolute atomic E-state index is 0. The number of rotatable bonds is 5. The van der Waals surface area contributed by atoms with Gasteiger partial charge in [0.05, 0.1) is 24.1 Å². The van der Waals surface area contributed by atoms with Gasteiger partial charge in [-0.3, -0.25) is 9.89 Å². The Morgan fingerprint density at radius 1 is 1.23 bits per heavy atom. The molecular weight excluding hydrogens is 527 g/mol. The fraction of sp³-hybridized carbons (Fsp3) is 0.682. The highest BCUT2D eigenvalue weighted by atomic mass is 127. The molecule has 2 N–H and O–H groups in total. The maximum atomic E-state index is 11.6. The monoisotopic (exact) mass is 562 g/mol. The molecule has 7 nitrogen and oxygen atoms in total. The first-order valence-electron chi connectivity index (χ1n) is 11.2. The second kappa shape index (κ2) is 10.7. The van der Waals surface area contributed by atoms with Crippen LogP contribution in [0.1, 0.15) is 50.6 Å². The van der Waals surface area contributed by atoms with Crippen LogP contribution in [0.15, 0.2) is 29.3 Å². The van der Waals surface area contributed by atoms with E-state index in [-0.39, 0.29) is 47.1 Å². The molecule has 2 heterocycles. The molecule has 1 aromatic carbocycles. The van der Waals surface area contributed by atoms with E-state index in [0.29, 0.717) is 19.6 Å². The van der Waals surface area contributed by atoms with Crippen LogP contribution in [0, 0.1) is 0 Å². The van der Waals surface area contributed by atoms with Crippen molar-refractivity contribution < 1.29 is 13.2 Å². The average molecular weight is 563 g/mol. The van der Waals surface area contributed by atoms with Gasteiger partial charge in [0.15, 0.2) is 15.8 Å². The van der Waals surface area contributed by atoms with Gasteiger partial charge in [-0.2, -0.15) is 0 Å². The lowest BCUT2D eigenvalue weighted by Gasteiger charge is -2.40. The van der Waals surface area contributed by atoms with Crippen molar-refractivity contribution in [2.45, 2.75) is 50.7 Å². The molecule has 1 spiro atoms. The average Bonchev–Trinajstić information content (AvgIpc) is 3.16. The highest BCUT2D eigenvalue weighted by Crippen LogP contribution is 2.46. The van der Waals surface area contributed by atoms with Crippen molar-refractivity contribution in [1.82, 2.24) is 15.5 Å². The zero-order valence-electron chi connectivity index (χ0n) is 18.3. The van der Waals surface area contributed by atoms with Crippen LogP contribution in [-0.4, -0.2) is 69.1 Å². The number of fused-ring (bicyclic) bond motifs is 1. The van der Waals surface area contributed by atoms with Gasteiger partial charge in [0.25, 0.3) is 0 Å². The first kappa shape index (κ1) is 24.6. The van der Waals surface area contributed by atoms with Gasteiger partial charge in [-0.15, -0.1) is 24.0 Å². The highest BCUT2D eigenvalue weighted by molar-refractivity contribution is 14.0. The van der Waals surface area contributed by atoms with Gasteiger partial charge in [-0.1, -0.05) is 18.2 Å². The molecule has 1 saturated carbocycles. The van der Waals surface area contributed by atoms with Crippen LogP contribution >= 0.6 is 24.0 Å². The number of sulfone groups is 1. The number of para-hydroxylation sites is 1. The van der Waals surface area contributed by atoms with Gasteiger partial charge >= 0.3 is 0 Å². The molecule has 174 valence electrons. The number of ether oxygens (including phenoxy) is 1. The Hall–Kier alpha value is -1.07. The molecule has 0 bridgehead atoms. The van der Waals surface area contributed by atoms with E-state index in [1.54, 1.807) is 0 Å². The van der Waals surface area contributed by atoms with Gasteiger partial charge in [0.1, 0.15) is 11.4 Å². The summed E-state index contributed by atoms with van der Waals surface area (Å²) in [6, 6.07) is 8.51. The second-order valence-electron chi connectivity index (χ2n) is 8.69. The quantitative estimate of drug-likeness (QED) is 0.327. The third-order valence-electron chi connectivity index (χ3n) is 6.49. The zero-order valence-corrected chi connectivity index (χ0v) is 21.5. The predicted octanol–water partition coefficient (Wildman–Crippen LogP) is 2.73. The fourth-order valence-electron chi connectivity index (χ4n) is 4.83. The van der Waals surface area contributed by atoms with Gasteiger partial charge in [-0.05, 0) is 38.7 Å². The Bertz CT molecular complexity index is 857. The van der Waals surface area contributed by atoms with E-state index in [9.17, 15) is 8.42 Å². The van der Waals surface area contributed by atoms with Crippen LogP contribution in [0.4, 0.5) is 0 Å². The molecule has 1 saturated heterocycles. The molecule has 0 amide bonds. The van der Waals surface area contributed by atoms with Crippen molar-refractivity contribution in [2.75, 3.05) is 44.2 Å². The third kappa shape index (κ3) is 6.25. The van der Waals surface area contributed by atoms with E-state index in [0.717, 1.165) is 44.1 Å². The number of guanidine groups is 1. The number of halogens is 1. The summed E-state index contributed by atoms with van der Waals surface area (Å²) in [5, 5.41) is 7.03. The summed E-state index contributed by atoms with van der Waals surface area (Å²) >= 11 is 0. The van der Waals surface area contributed by atoms with E-state index in [1.165, 1.54) is 18.4 Å². The number of hydrogen-bond acceptors (Lipinski definition) is 5. The van der Waals surface area contributed by atoms with Gasteiger partial charge in [-0.25, -0.2) is 8.42 Å². The summed E-state index contributed by atoms with van der Waals surface area (Å²) in [6.45, 7) is 5.51. The highest BCUT2D eigenvalue weighted by Gasteiger charge is 2.43. The van der Waals surface area contributed by atoms with Crippen molar-refractivity contribution in [2.24, 2.45) is 4.99 Å². The lowest BCUT2D eigenvalue weighted by Crippen LogP contribution is -2.47. The van der Waals surface area contributed by atoms with Crippen molar-refractivity contribution in [3.05, 3.63) is 29.8 Å². The Morgan fingerprint density at radius 3 is 2.65 bits per heavy atom. The van der Waals surface area contributed by atoms with Crippen molar-refractivity contribution in [3.8, 4) is 5.75 Å². The number of nitrogens with zero attached hydrogens (tertiary/aromatic N) is 2. The molecule has 1 aromatic rings. The fourth-order valence-corrected chi connectivity index (χ4v) is 6.11. The standard InChI is InChI=1S/C22H34N4O3S.HI/c1-2-23-21(24-11-12-26-13-15-30(27,28)16-14-26)25-19-17-22(9-5-6-10-22)29-20-8-4-3-7-18(19)20;/h3-4,7-8,19H,2,5-6,9-17H2,1H3,(H2,23,24,25);1H. The molecule has 1 atom stereocenters. The number of hydrogen-bond donors (Lipinski definition) is 2. The molecule has 0 radical (unpaired) electrons. The first-order chi connectivity index (χ1) is 14.5. The van der Waals surface area contributed by atoms with E-state index in [2.05, 4.69) is 40.7 Å². The SMILES string of the molecule is CCNC(=NCCN1CCS(=O)(=O)CC1)NC1CC2(CCCC2)Oc2ccccc21.I. The summed E-state index contributed by atoms with van der Waals surface area (Å²) in [7, 11) is -2.84. The minimum Gasteiger partial charge on any atom is -0.487 e. The van der Waals surface area contributed by atoms with Crippen LogP contribution in [0.5, 0.6) is 5.75 Å². The van der Waals surface area contributed by atoms with Crippen LogP contribution in [0.2, 0.25) is 0 Å². The van der Waals surface area contributed by atoms with Gasteiger partial charge < -0.3 is 15.4 Å². The maximum Gasteiger partial charge on any atom is 0.191 e. The molecule has 2 fully saturated rings. The third-order valence-corrected chi connectivity index (χ3v) is 8.10. The Balaban J connectivity index is 0.00000272. The minimum atomic E-state index is -2.84. The summed E-state index contributed by atoms with van der Waals surface area (Å²) in [6.07, 6.45) is 5.65. The van der Waals surface area contributed by atoms with Crippen LogP contribution in [-0.2, 0) is 9.84 Å². The van der Waals surface area contributed by atoms with Crippen molar-refractivity contribution in [3.63, 3.8) is 0 Å². The number of benzene rings is 1. The zero-order chi connectivity index (χ0) is 21.0. The lowest BCUT2D eigenvalue weighted by atomic mass is 9.86.